The Morgan fingerprint density at radius 2 is 2.25 bits per heavy atom. The number of ether oxygens (including phenoxy) is 3. The highest BCUT2D eigenvalue weighted by Gasteiger charge is 2.19. The van der Waals surface area contributed by atoms with E-state index in [1.807, 2.05) is 24.3 Å². The quantitative estimate of drug-likeness (QED) is 0.719. The number of hydrogen-bond donors (Lipinski definition) is 0. The zero-order chi connectivity index (χ0) is 14.2. The average molecular weight is 278 g/mol. The molecular formula is C16H22O4. The van der Waals surface area contributed by atoms with Gasteiger partial charge in [0, 0.05) is 20.1 Å². The number of methoxy groups -OCH3 is 1. The van der Waals surface area contributed by atoms with Crippen LogP contribution >= 0.6 is 0 Å². The van der Waals surface area contributed by atoms with E-state index in [1.54, 1.807) is 7.11 Å². The molecule has 1 saturated heterocycles. The molecule has 4 heteroatoms. The third kappa shape index (κ3) is 4.71. The van der Waals surface area contributed by atoms with Crippen molar-refractivity contribution in [1.29, 1.82) is 0 Å². The number of rotatable bonds is 7. The zero-order valence-electron chi connectivity index (χ0n) is 11.9. The van der Waals surface area contributed by atoms with E-state index in [4.69, 9.17) is 14.2 Å². The van der Waals surface area contributed by atoms with E-state index in [0.29, 0.717) is 13.0 Å². The summed E-state index contributed by atoms with van der Waals surface area (Å²) in [6, 6.07) is 8.03. The second-order valence-electron chi connectivity index (χ2n) is 5.06. The van der Waals surface area contributed by atoms with Crippen LogP contribution in [0.2, 0.25) is 0 Å². The standard InChI is InChI=1S/C16H22O4/c1-18-12-14-6-4-5-13(9-14)10-15(11-17)20-16-7-2-3-8-19-16/h4-6,9,11,15-16H,2-3,7-8,10,12H2,1H3/t15-,16?/m0/s1. The maximum absolute atomic E-state index is 11.2. The molecule has 4 nitrogen and oxygen atoms in total. The highest BCUT2D eigenvalue weighted by molar-refractivity contribution is 5.57. The first kappa shape index (κ1) is 15.2. The summed E-state index contributed by atoms with van der Waals surface area (Å²) in [5.41, 5.74) is 2.18. The van der Waals surface area contributed by atoms with Crippen molar-refractivity contribution in [2.45, 2.75) is 44.7 Å². The molecule has 1 aromatic rings. The molecule has 0 aromatic heterocycles. The van der Waals surface area contributed by atoms with Crippen LogP contribution in [0.5, 0.6) is 0 Å². The van der Waals surface area contributed by atoms with Crippen LogP contribution in [-0.2, 0) is 32.0 Å². The van der Waals surface area contributed by atoms with E-state index in [0.717, 1.165) is 43.3 Å². The van der Waals surface area contributed by atoms with Crippen LogP contribution in [0.1, 0.15) is 30.4 Å². The van der Waals surface area contributed by atoms with Crippen LogP contribution in [0.4, 0.5) is 0 Å². The molecule has 1 heterocycles. The van der Waals surface area contributed by atoms with Gasteiger partial charge >= 0.3 is 0 Å². The van der Waals surface area contributed by atoms with Crippen molar-refractivity contribution in [3.8, 4) is 0 Å². The molecule has 1 aromatic carbocycles. The van der Waals surface area contributed by atoms with Gasteiger partial charge < -0.3 is 19.0 Å². The minimum Gasteiger partial charge on any atom is -0.380 e. The molecule has 0 spiro atoms. The van der Waals surface area contributed by atoms with Crippen molar-refractivity contribution >= 4 is 6.29 Å². The van der Waals surface area contributed by atoms with Crippen LogP contribution in [0, 0.1) is 0 Å². The summed E-state index contributed by atoms with van der Waals surface area (Å²) in [4.78, 5) is 11.2. The molecule has 0 saturated carbocycles. The highest BCUT2D eigenvalue weighted by Crippen LogP contribution is 2.17. The van der Waals surface area contributed by atoms with Gasteiger partial charge in [-0.3, -0.25) is 0 Å². The molecule has 0 bridgehead atoms. The predicted molar refractivity (Wildman–Crippen MR) is 75.4 cm³/mol. The summed E-state index contributed by atoms with van der Waals surface area (Å²) in [6.45, 7) is 1.30. The fourth-order valence-electron chi connectivity index (χ4n) is 2.39. The van der Waals surface area contributed by atoms with Gasteiger partial charge in [0.2, 0.25) is 0 Å². The predicted octanol–water partition coefficient (Wildman–Crippen LogP) is 2.49. The normalized spacial score (nSPS) is 20.6. The van der Waals surface area contributed by atoms with Crippen LogP contribution in [0.15, 0.2) is 24.3 Å². The lowest BCUT2D eigenvalue weighted by Crippen LogP contribution is -2.30. The highest BCUT2D eigenvalue weighted by atomic mass is 16.7. The first-order chi connectivity index (χ1) is 9.81. The van der Waals surface area contributed by atoms with Crippen molar-refractivity contribution in [3.05, 3.63) is 35.4 Å². The fourth-order valence-corrected chi connectivity index (χ4v) is 2.39. The molecule has 0 amide bonds. The molecular weight excluding hydrogens is 256 g/mol. The minimum atomic E-state index is -0.448. The van der Waals surface area contributed by atoms with Gasteiger partial charge in [0.15, 0.2) is 6.29 Å². The number of carbonyl (C=O) groups excluding carboxylic acids is 1. The molecule has 0 radical (unpaired) electrons. The van der Waals surface area contributed by atoms with Crippen molar-refractivity contribution in [3.63, 3.8) is 0 Å². The van der Waals surface area contributed by atoms with Gasteiger partial charge in [-0.15, -0.1) is 0 Å². The van der Waals surface area contributed by atoms with Crippen LogP contribution in [0.3, 0.4) is 0 Å². The van der Waals surface area contributed by atoms with E-state index >= 15 is 0 Å². The second kappa shape index (κ2) is 8.15. The largest absolute Gasteiger partial charge is 0.380 e. The zero-order valence-corrected chi connectivity index (χ0v) is 11.9. The van der Waals surface area contributed by atoms with Gasteiger partial charge in [0.05, 0.1) is 6.61 Å². The maximum atomic E-state index is 11.2. The minimum absolute atomic E-state index is 0.235. The Kier molecular flexibility index (Phi) is 6.18. The lowest BCUT2D eigenvalue weighted by atomic mass is 10.1. The van der Waals surface area contributed by atoms with Crippen molar-refractivity contribution < 1.29 is 19.0 Å². The lowest BCUT2D eigenvalue weighted by Gasteiger charge is -2.25. The molecule has 1 aliphatic rings. The van der Waals surface area contributed by atoms with Gasteiger partial charge in [-0.25, -0.2) is 0 Å². The molecule has 1 unspecified atom stereocenters. The number of benzene rings is 1. The summed E-state index contributed by atoms with van der Waals surface area (Å²) < 4.78 is 16.3. The molecule has 2 rings (SSSR count). The topological polar surface area (TPSA) is 44.8 Å². The molecule has 1 fully saturated rings. The number of carbonyl (C=O) groups is 1. The Hall–Kier alpha value is -1.23. The summed E-state index contributed by atoms with van der Waals surface area (Å²) in [6.07, 6.45) is 3.79. The van der Waals surface area contributed by atoms with E-state index < -0.39 is 6.10 Å². The third-order valence-electron chi connectivity index (χ3n) is 3.36. The Bertz CT molecular complexity index is 413. The molecule has 0 aliphatic carbocycles. The van der Waals surface area contributed by atoms with E-state index in [-0.39, 0.29) is 6.29 Å². The third-order valence-corrected chi connectivity index (χ3v) is 3.36. The first-order valence-corrected chi connectivity index (χ1v) is 7.11. The van der Waals surface area contributed by atoms with Gasteiger partial charge in [-0.05, 0) is 30.4 Å². The van der Waals surface area contributed by atoms with Gasteiger partial charge in [-0.1, -0.05) is 24.3 Å². The summed E-state index contributed by atoms with van der Waals surface area (Å²) in [7, 11) is 1.67. The summed E-state index contributed by atoms with van der Waals surface area (Å²) in [5.74, 6) is 0. The smallest absolute Gasteiger partial charge is 0.158 e. The van der Waals surface area contributed by atoms with Crippen LogP contribution in [0.25, 0.3) is 0 Å². The Morgan fingerprint density at radius 3 is 2.95 bits per heavy atom. The average Bonchev–Trinajstić information content (AvgIpc) is 2.48. The SMILES string of the molecule is COCc1cccc(C[C@@H](C=O)OC2CCCCO2)c1. The Labute approximate surface area is 120 Å². The van der Waals surface area contributed by atoms with Gasteiger partial charge in [-0.2, -0.15) is 0 Å². The van der Waals surface area contributed by atoms with Gasteiger partial charge in [0.25, 0.3) is 0 Å². The molecule has 110 valence electrons. The Balaban J connectivity index is 1.91. The fraction of sp³-hybridized carbons (Fsp3) is 0.562. The molecule has 1 aliphatic heterocycles. The van der Waals surface area contributed by atoms with E-state index in [2.05, 4.69) is 0 Å². The Morgan fingerprint density at radius 1 is 1.40 bits per heavy atom. The van der Waals surface area contributed by atoms with Crippen LogP contribution < -0.4 is 0 Å². The maximum Gasteiger partial charge on any atom is 0.158 e. The van der Waals surface area contributed by atoms with E-state index in [1.165, 1.54) is 0 Å². The summed E-state index contributed by atoms with van der Waals surface area (Å²) in [5, 5.41) is 0. The molecule has 0 N–H and O–H groups in total. The number of hydrogen-bond acceptors (Lipinski definition) is 4. The molecule has 2 atom stereocenters. The lowest BCUT2D eigenvalue weighted by molar-refractivity contribution is -0.186. The monoisotopic (exact) mass is 278 g/mol. The van der Waals surface area contributed by atoms with Crippen molar-refractivity contribution in [1.82, 2.24) is 0 Å². The van der Waals surface area contributed by atoms with Crippen molar-refractivity contribution in [2.75, 3.05) is 13.7 Å². The molecule has 20 heavy (non-hydrogen) atoms. The first-order valence-electron chi connectivity index (χ1n) is 7.11. The van der Waals surface area contributed by atoms with Crippen molar-refractivity contribution in [2.24, 2.45) is 0 Å². The van der Waals surface area contributed by atoms with E-state index in [9.17, 15) is 4.79 Å². The number of aldehydes is 1. The summed E-state index contributed by atoms with van der Waals surface area (Å²) >= 11 is 0. The van der Waals surface area contributed by atoms with Crippen LogP contribution in [-0.4, -0.2) is 32.4 Å². The van der Waals surface area contributed by atoms with Gasteiger partial charge in [0.1, 0.15) is 12.4 Å². The second-order valence-corrected chi connectivity index (χ2v) is 5.06.